The molecule has 3 aromatic rings. The maximum atomic E-state index is 13.1. The van der Waals surface area contributed by atoms with Crippen LogP contribution in [-0.4, -0.2) is 20.9 Å². The number of carbonyl (C=O) groups excluding carboxylic acids is 1. The van der Waals surface area contributed by atoms with Gasteiger partial charge in [0, 0.05) is 0 Å². The lowest BCUT2D eigenvalue weighted by atomic mass is 9.87. The fraction of sp³-hybridized carbons (Fsp3) is 0.250. The van der Waals surface area contributed by atoms with Crippen LogP contribution in [-0.2, 0) is 6.42 Å². The normalized spacial score (nSPS) is 16.2. The second kappa shape index (κ2) is 6.71. The van der Waals surface area contributed by atoms with Crippen LogP contribution in [0.4, 0.5) is 4.39 Å². The van der Waals surface area contributed by atoms with Gasteiger partial charge in [0.1, 0.15) is 5.82 Å². The van der Waals surface area contributed by atoms with Crippen LogP contribution < -0.4 is 5.32 Å². The second-order valence-electron chi connectivity index (χ2n) is 6.53. The lowest BCUT2D eigenvalue weighted by Crippen LogP contribution is -2.31. The van der Waals surface area contributed by atoms with Crippen molar-refractivity contribution >= 4 is 5.91 Å². The molecule has 0 bridgehead atoms. The maximum absolute atomic E-state index is 13.1. The molecule has 1 atom stereocenters. The molecule has 5 nitrogen and oxygen atoms in total. The summed E-state index contributed by atoms with van der Waals surface area (Å²) in [5.41, 5.74) is 4.04. The Morgan fingerprint density at radius 3 is 2.77 bits per heavy atom. The van der Waals surface area contributed by atoms with Gasteiger partial charge in [-0.15, -0.1) is 5.10 Å². The summed E-state index contributed by atoms with van der Waals surface area (Å²) in [5, 5.41) is 11.2. The monoisotopic (exact) mass is 350 g/mol. The van der Waals surface area contributed by atoms with Crippen LogP contribution in [0, 0.1) is 12.7 Å². The van der Waals surface area contributed by atoms with Gasteiger partial charge in [0.25, 0.3) is 5.91 Å². The lowest BCUT2D eigenvalue weighted by Gasteiger charge is -2.26. The molecule has 26 heavy (non-hydrogen) atoms. The molecule has 0 saturated heterocycles. The first-order valence-corrected chi connectivity index (χ1v) is 8.70. The summed E-state index contributed by atoms with van der Waals surface area (Å²) in [7, 11) is 0. The zero-order chi connectivity index (χ0) is 18.1. The summed E-state index contributed by atoms with van der Waals surface area (Å²) >= 11 is 0. The highest BCUT2D eigenvalue weighted by molar-refractivity contribution is 5.93. The van der Waals surface area contributed by atoms with Crippen LogP contribution in [0.1, 0.15) is 46.2 Å². The Kier molecular flexibility index (Phi) is 4.24. The molecule has 1 aliphatic carbocycles. The first kappa shape index (κ1) is 16.4. The summed E-state index contributed by atoms with van der Waals surface area (Å²) in [4.78, 5) is 12.8. The molecule has 4 rings (SSSR count). The molecule has 1 aliphatic rings. The van der Waals surface area contributed by atoms with E-state index in [0.29, 0.717) is 11.4 Å². The number of benzene rings is 2. The number of aryl methyl sites for hydroxylation is 1. The molecular formula is C20H19FN4O. The number of halogens is 1. The number of hydrogen-bond donors (Lipinski definition) is 1. The number of fused-ring (bicyclic) bond motifs is 1. The van der Waals surface area contributed by atoms with E-state index in [4.69, 9.17) is 0 Å². The lowest BCUT2D eigenvalue weighted by molar-refractivity contribution is 0.0927. The molecule has 0 aliphatic heterocycles. The van der Waals surface area contributed by atoms with Crippen molar-refractivity contribution in [1.82, 2.24) is 20.3 Å². The van der Waals surface area contributed by atoms with Gasteiger partial charge < -0.3 is 5.32 Å². The molecular weight excluding hydrogens is 331 g/mol. The summed E-state index contributed by atoms with van der Waals surface area (Å²) < 4.78 is 14.7. The molecule has 0 spiro atoms. The number of nitrogens with one attached hydrogen (secondary N) is 1. The summed E-state index contributed by atoms with van der Waals surface area (Å²) in [5.74, 6) is -0.557. The quantitative estimate of drug-likeness (QED) is 0.786. The topological polar surface area (TPSA) is 59.8 Å². The fourth-order valence-electron chi connectivity index (χ4n) is 3.50. The summed E-state index contributed by atoms with van der Waals surface area (Å²) in [6.45, 7) is 1.78. The third-order valence-electron chi connectivity index (χ3n) is 4.86. The van der Waals surface area contributed by atoms with Crippen molar-refractivity contribution in [3.63, 3.8) is 0 Å². The van der Waals surface area contributed by atoms with Crippen molar-refractivity contribution in [3.05, 3.63) is 76.9 Å². The highest BCUT2D eigenvalue weighted by Gasteiger charge is 2.24. The SMILES string of the molecule is Cc1c(C(=O)NC2CCCc3ccccc32)nnn1-c1ccc(F)cc1. The molecule has 1 N–H and O–H groups in total. The molecule has 0 radical (unpaired) electrons. The average Bonchev–Trinajstić information content (AvgIpc) is 3.04. The van der Waals surface area contributed by atoms with Crippen LogP contribution in [0.5, 0.6) is 0 Å². The van der Waals surface area contributed by atoms with Crippen molar-refractivity contribution in [2.24, 2.45) is 0 Å². The largest absolute Gasteiger partial charge is 0.344 e. The summed E-state index contributed by atoms with van der Waals surface area (Å²) in [6, 6.07) is 14.1. The van der Waals surface area contributed by atoms with E-state index in [1.54, 1.807) is 23.7 Å². The standard InChI is InChI=1S/C20H19FN4O/c1-13-19(23-24-25(13)16-11-9-15(21)10-12-16)20(26)22-18-8-4-6-14-5-2-3-7-17(14)18/h2-3,5,7,9-12,18H,4,6,8H2,1H3,(H,22,26). The van der Waals surface area contributed by atoms with Gasteiger partial charge in [-0.25, -0.2) is 9.07 Å². The number of carbonyl (C=O) groups is 1. The average molecular weight is 350 g/mol. The van der Waals surface area contributed by atoms with E-state index >= 15 is 0 Å². The van der Waals surface area contributed by atoms with Gasteiger partial charge in [-0.3, -0.25) is 4.79 Å². The maximum Gasteiger partial charge on any atom is 0.274 e. The predicted molar refractivity (Wildman–Crippen MR) is 95.6 cm³/mol. The number of rotatable bonds is 3. The van der Waals surface area contributed by atoms with E-state index in [0.717, 1.165) is 19.3 Å². The van der Waals surface area contributed by atoms with Crippen molar-refractivity contribution in [3.8, 4) is 5.69 Å². The molecule has 1 heterocycles. The molecule has 0 saturated carbocycles. The Balaban J connectivity index is 1.57. The Bertz CT molecular complexity index is 949. The van der Waals surface area contributed by atoms with E-state index < -0.39 is 0 Å². The molecule has 0 fully saturated rings. The van der Waals surface area contributed by atoms with Crippen LogP contribution in [0.2, 0.25) is 0 Å². The molecule has 2 aromatic carbocycles. The van der Waals surface area contributed by atoms with Crippen LogP contribution in [0.15, 0.2) is 48.5 Å². The smallest absolute Gasteiger partial charge is 0.274 e. The number of amides is 1. The van der Waals surface area contributed by atoms with Crippen LogP contribution in [0.3, 0.4) is 0 Å². The Morgan fingerprint density at radius 2 is 1.96 bits per heavy atom. The molecule has 1 amide bonds. The van der Waals surface area contributed by atoms with Gasteiger partial charge in [0.2, 0.25) is 0 Å². The van der Waals surface area contributed by atoms with E-state index in [-0.39, 0.29) is 23.5 Å². The number of nitrogens with zero attached hydrogens (tertiary/aromatic N) is 3. The molecule has 132 valence electrons. The third-order valence-corrected chi connectivity index (χ3v) is 4.86. The van der Waals surface area contributed by atoms with Gasteiger partial charge in [-0.1, -0.05) is 29.5 Å². The zero-order valence-corrected chi connectivity index (χ0v) is 14.4. The highest BCUT2D eigenvalue weighted by atomic mass is 19.1. The second-order valence-corrected chi connectivity index (χ2v) is 6.53. The number of hydrogen-bond acceptors (Lipinski definition) is 3. The molecule has 6 heteroatoms. The van der Waals surface area contributed by atoms with E-state index in [1.165, 1.54) is 23.3 Å². The van der Waals surface area contributed by atoms with Gasteiger partial charge >= 0.3 is 0 Å². The Hall–Kier alpha value is -3.02. The minimum atomic E-state index is -0.319. The Labute approximate surface area is 150 Å². The first-order chi connectivity index (χ1) is 12.6. The minimum absolute atomic E-state index is 0.0113. The number of aromatic nitrogens is 3. The highest BCUT2D eigenvalue weighted by Crippen LogP contribution is 2.29. The van der Waals surface area contributed by atoms with Crippen LogP contribution in [0.25, 0.3) is 5.69 Å². The zero-order valence-electron chi connectivity index (χ0n) is 14.4. The van der Waals surface area contributed by atoms with Crippen molar-refractivity contribution in [1.29, 1.82) is 0 Å². The fourth-order valence-corrected chi connectivity index (χ4v) is 3.50. The van der Waals surface area contributed by atoms with Gasteiger partial charge in [-0.05, 0) is 61.6 Å². The molecule has 1 unspecified atom stereocenters. The van der Waals surface area contributed by atoms with Gasteiger partial charge in [0.05, 0.1) is 17.4 Å². The summed E-state index contributed by atoms with van der Waals surface area (Å²) in [6.07, 6.45) is 3.00. The predicted octanol–water partition coefficient (Wildman–Crippen LogP) is 3.52. The minimum Gasteiger partial charge on any atom is -0.344 e. The van der Waals surface area contributed by atoms with Crippen molar-refractivity contribution < 1.29 is 9.18 Å². The van der Waals surface area contributed by atoms with E-state index in [1.807, 2.05) is 12.1 Å². The molecule has 1 aromatic heterocycles. The van der Waals surface area contributed by atoms with E-state index in [2.05, 4.69) is 27.8 Å². The van der Waals surface area contributed by atoms with Crippen LogP contribution >= 0.6 is 0 Å². The first-order valence-electron chi connectivity index (χ1n) is 8.70. The Morgan fingerprint density at radius 1 is 1.19 bits per heavy atom. The van der Waals surface area contributed by atoms with Gasteiger partial charge in [-0.2, -0.15) is 0 Å². The van der Waals surface area contributed by atoms with Crippen molar-refractivity contribution in [2.45, 2.75) is 32.2 Å². The third kappa shape index (κ3) is 2.98. The van der Waals surface area contributed by atoms with E-state index in [9.17, 15) is 9.18 Å². The van der Waals surface area contributed by atoms with Gasteiger partial charge in [0.15, 0.2) is 5.69 Å². The van der Waals surface area contributed by atoms with Crippen molar-refractivity contribution in [2.75, 3.05) is 0 Å².